The molecule has 43 heavy (non-hydrogen) atoms. The van der Waals surface area contributed by atoms with E-state index in [2.05, 4.69) is 11.4 Å². The maximum Gasteiger partial charge on any atom is 0.407 e. The van der Waals surface area contributed by atoms with E-state index in [0.29, 0.717) is 18.8 Å². The highest BCUT2D eigenvalue weighted by Gasteiger charge is 2.44. The fourth-order valence-corrected chi connectivity index (χ4v) is 7.15. The van der Waals surface area contributed by atoms with E-state index in [9.17, 15) is 18.3 Å². The molecule has 0 bridgehead atoms. The Labute approximate surface area is 253 Å². The fourth-order valence-electron chi connectivity index (χ4n) is 5.47. The maximum atomic E-state index is 14.0. The summed E-state index contributed by atoms with van der Waals surface area (Å²) >= 11 is 0. The molecule has 2 N–H and O–H groups in total. The molecule has 2 heterocycles. The predicted octanol–water partition coefficient (Wildman–Crippen LogP) is 3.48. The van der Waals surface area contributed by atoms with Crippen molar-refractivity contribution in [3.05, 3.63) is 60.2 Å². The minimum Gasteiger partial charge on any atom is -0.497 e. The Kier molecular flexibility index (Phi) is 11.0. The summed E-state index contributed by atoms with van der Waals surface area (Å²) in [7, 11) is -2.66. The van der Waals surface area contributed by atoms with Crippen molar-refractivity contribution in [3.8, 4) is 11.8 Å². The Morgan fingerprint density at radius 2 is 1.98 bits per heavy atom. The van der Waals surface area contributed by atoms with Gasteiger partial charge in [-0.2, -0.15) is 9.57 Å². The third kappa shape index (κ3) is 8.68. The van der Waals surface area contributed by atoms with E-state index in [0.717, 1.165) is 12.0 Å². The summed E-state index contributed by atoms with van der Waals surface area (Å²) < 4.78 is 51.2. The van der Waals surface area contributed by atoms with Gasteiger partial charge in [-0.3, -0.25) is 0 Å². The first kappa shape index (κ1) is 32.7. The van der Waals surface area contributed by atoms with Crippen LogP contribution in [0.4, 0.5) is 4.79 Å². The van der Waals surface area contributed by atoms with Gasteiger partial charge in [-0.15, -0.1) is 0 Å². The first-order chi connectivity index (χ1) is 20.5. The highest BCUT2D eigenvalue weighted by atomic mass is 32.2. The van der Waals surface area contributed by atoms with E-state index in [1.807, 2.05) is 44.2 Å². The third-order valence-electron chi connectivity index (χ3n) is 7.90. The molecule has 2 aromatic rings. The molecule has 4 rings (SSSR count). The molecule has 0 unspecified atom stereocenters. The van der Waals surface area contributed by atoms with Crippen LogP contribution in [0.15, 0.2) is 59.5 Å². The minimum atomic E-state index is -4.11. The smallest absolute Gasteiger partial charge is 0.407 e. The summed E-state index contributed by atoms with van der Waals surface area (Å²) in [5.74, 6) is 0.324. The first-order valence-electron chi connectivity index (χ1n) is 14.5. The quantitative estimate of drug-likeness (QED) is 0.326. The molecule has 0 saturated carbocycles. The number of aliphatic hydroxyl groups excluding tert-OH is 1. The molecule has 0 aromatic heterocycles. The molecule has 234 valence electrons. The zero-order valence-electron chi connectivity index (χ0n) is 24.8. The number of nitrogens with zero attached hydrogens (tertiary/aromatic N) is 2. The lowest BCUT2D eigenvalue weighted by molar-refractivity contribution is -0.0907. The topological polar surface area (TPSA) is 147 Å². The SMILES string of the molecule is COc1cccc(S(=O)(=O)N(C[C@@H](O)[C@H](Cc2ccccc2)NC(=O)O[C@H]2CO[C@@H]3OCC[C@@H]32)CC(C)(C)CCC#N)c1. The number of amides is 1. The molecule has 2 aromatic carbocycles. The number of methoxy groups -OCH3 is 1. The van der Waals surface area contributed by atoms with Crippen molar-refractivity contribution in [2.75, 3.05) is 33.4 Å². The summed E-state index contributed by atoms with van der Waals surface area (Å²) in [5, 5.41) is 23.5. The number of carbonyl (C=O) groups is 1. The van der Waals surface area contributed by atoms with Crippen LogP contribution in [0.3, 0.4) is 0 Å². The second-order valence-corrected chi connectivity index (χ2v) is 13.7. The summed E-state index contributed by atoms with van der Waals surface area (Å²) in [6, 6.07) is 16.7. The van der Waals surface area contributed by atoms with E-state index in [-0.39, 0.29) is 49.6 Å². The lowest BCUT2D eigenvalue weighted by Gasteiger charge is -2.35. The van der Waals surface area contributed by atoms with Gasteiger partial charge in [-0.1, -0.05) is 50.2 Å². The van der Waals surface area contributed by atoms with Crippen LogP contribution in [0.5, 0.6) is 5.75 Å². The average molecular weight is 616 g/mol. The van der Waals surface area contributed by atoms with Crippen LogP contribution in [0.2, 0.25) is 0 Å². The number of rotatable bonds is 14. The molecule has 2 saturated heterocycles. The Bertz CT molecular complexity index is 1360. The second-order valence-electron chi connectivity index (χ2n) is 11.8. The van der Waals surface area contributed by atoms with Crippen molar-refractivity contribution in [3.63, 3.8) is 0 Å². The zero-order valence-corrected chi connectivity index (χ0v) is 25.7. The third-order valence-corrected chi connectivity index (χ3v) is 9.71. The second kappa shape index (κ2) is 14.5. The highest BCUT2D eigenvalue weighted by Crippen LogP contribution is 2.33. The van der Waals surface area contributed by atoms with Crippen molar-refractivity contribution in [1.82, 2.24) is 9.62 Å². The molecule has 0 spiro atoms. The van der Waals surface area contributed by atoms with Crippen LogP contribution in [-0.2, 0) is 30.7 Å². The summed E-state index contributed by atoms with van der Waals surface area (Å²) in [6.07, 6.45) is -1.23. The molecule has 2 aliphatic heterocycles. The molecule has 11 nitrogen and oxygen atoms in total. The number of hydrogen-bond donors (Lipinski definition) is 2. The number of ether oxygens (including phenoxy) is 4. The summed E-state index contributed by atoms with van der Waals surface area (Å²) in [5.41, 5.74) is 0.266. The van der Waals surface area contributed by atoms with Gasteiger partial charge in [0, 0.05) is 25.6 Å². The molecule has 0 radical (unpaired) electrons. The molecule has 12 heteroatoms. The standard InChI is InChI=1S/C31H41N3O8S/c1-31(2,14-8-15-32)21-34(43(37,38)24-12-7-11-23(18-24)39-3)19-27(35)26(17-22-9-5-4-6-10-22)33-30(36)42-28-20-41-29-25(28)13-16-40-29/h4-7,9-12,18,25-29,35H,8,13-14,16-17,19-21H2,1-3H3,(H,33,36)/t25-,26+,27-,28+,29+/m1/s1. The van der Waals surface area contributed by atoms with Crippen molar-refractivity contribution in [1.29, 1.82) is 5.26 Å². The largest absolute Gasteiger partial charge is 0.497 e. The van der Waals surface area contributed by atoms with Crippen molar-refractivity contribution in [2.45, 2.75) is 69.0 Å². The van der Waals surface area contributed by atoms with E-state index in [4.69, 9.17) is 24.2 Å². The molecule has 1 amide bonds. The zero-order chi connectivity index (χ0) is 31.0. The maximum absolute atomic E-state index is 14.0. The van der Waals surface area contributed by atoms with Gasteiger partial charge in [0.05, 0.1) is 49.4 Å². The van der Waals surface area contributed by atoms with Gasteiger partial charge >= 0.3 is 6.09 Å². The van der Waals surface area contributed by atoms with E-state index >= 15 is 0 Å². The number of benzene rings is 2. The molecule has 0 aliphatic carbocycles. The number of fused-ring (bicyclic) bond motifs is 1. The monoisotopic (exact) mass is 615 g/mol. The first-order valence-corrected chi connectivity index (χ1v) is 15.9. The molecule has 2 aliphatic rings. The fraction of sp³-hybridized carbons (Fsp3) is 0.548. The number of hydrogen-bond acceptors (Lipinski definition) is 9. The van der Waals surface area contributed by atoms with Gasteiger partial charge in [0.1, 0.15) is 11.9 Å². The Balaban J connectivity index is 1.57. The number of nitriles is 1. The average Bonchev–Trinajstić information content (AvgIpc) is 3.61. The van der Waals surface area contributed by atoms with Crippen molar-refractivity contribution in [2.24, 2.45) is 11.3 Å². The van der Waals surface area contributed by atoms with E-state index in [1.54, 1.807) is 12.1 Å². The predicted molar refractivity (Wildman–Crippen MR) is 158 cm³/mol. The molecule has 2 fully saturated rings. The highest BCUT2D eigenvalue weighted by molar-refractivity contribution is 7.89. The Hall–Kier alpha value is -3.21. The molecular weight excluding hydrogens is 574 g/mol. The van der Waals surface area contributed by atoms with Gasteiger partial charge in [0.2, 0.25) is 10.0 Å². The number of nitrogens with one attached hydrogen (secondary N) is 1. The van der Waals surface area contributed by atoms with E-state index < -0.39 is 39.8 Å². The van der Waals surface area contributed by atoms with Crippen molar-refractivity contribution < 1.29 is 37.3 Å². The van der Waals surface area contributed by atoms with E-state index in [1.165, 1.54) is 23.5 Å². The van der Waals surface area contributed by atoms with Gasteiger partial charge in [-0.25, -0.2) is 13.2 Å². The minimum absolute atomic E-state index is 0.0108. The number of alkyl carbamates (subject to hydrolysis) is 1. The summed E-state index contributed by atoms with van der Waals surface area (Å²) in [4.78, 5) is 13.1. The van der Waals surface area contributed by atoms with Crippen molar-refractivity contribution >= 4 is 16.1 Å². The number of aliphatic hydroxyl groups is 1. The molecule has 5 atom stereocenters. The van der Waals surface area contributed by atoms with Crippen LogP contribution in [0.25, 0.3) is 0 Å². The Morgan fingerprint density at radius 3 is 2.70 bits per heavy atom. The van der Waals surface area contributed by atoms with Gasteiger partial charge in [0.15, 0.2) is 6.29 Å². The van der Waals surface area contributed by atoms with Crippen LogP contribution in [-0.4, -0.2) is 81.9 Å². The van der Waals surface area contributed by atoms with Gasteiger partial charge in [0.25, 0.3) is 0 Å². The lowest BCUT2D eigenvalue weighted by atomic mass is 9.88. The number of sulfonamides is 1. The lowest BCUT2D eigenvalue weighted by Crippen LogP contribution is -2.52. The van der Waals surface area contributed by atoms with Gasteiger partial charge in [-0.05, 0) is 42.4 Å². The summed E-state index contributed by atoms with van der Waals surface area (Å²) in [6.45, 7) is 4.25. The Morgan fingerprint density at radius 1 is 1.21 bits per heavy atom. The normalized spacial score (nSPS) is 21.5. The van der Waals surface area contributed by atoms with Crippen LogP contribution in [0, 0.1) is 22.7 Å². The molecular formula is C31H41N3O8S. The van der Waals surface area contributed by atoms with Crippen LogP contribution in [0.1, 0.15) is 38.7 Å². The number of carbonyl (C=O) groups excluding carboxylic acids is 1. The van der Waals surface area contributed by atoms with Gasteiger partial charge < -0.3 is 29.4 Å². The van der Waals surface area contributed by atoms with Crippen LogP contribution >= 0.6 is 0 Å². The van der Waals surface area contributed by atoms with Crippen LogP contribution < -0.4 is 10.1 Å².